The van der Waals surface area contributed by atoms with Gasteiger partial charge in [0.25, 0.3) is 0 Å². The Kier molecular flexibility index (Phi) is 3.63. The summed E-state index contributed by atoms with van der Waals surface area (Å²) < 4.78 is 0.893. The highest BCUT2D eigenvalue weighted by Crippen LogP contribution is 2.35. The maximum atomic E-state index is 11.3. The Bertz CT molecular complexity index is 841. The Balaban J connectivity index is 2.09. The summed E-state index contributed by atoms with van der Waals surface area (Å²) in [5.41, 5.74) is 3.03. The summed E-state index contributed by atoms with van der Waals surface area (Å²) in [5, 5.41) is 0.274. The SMILES string of the molecule is O=c1[nH]c2ccc(C(Cl)c3cc(Cl)ccc3Br)cc2[nH]1. The molecule has 0 aliphatic carbocycles. The predicted octanol–water partition coefficient (Wildman–Crippen LogP) is 4.60. The summed E-state index contributed by atoms with van der Waals surface area (Å²) in [5.74, 6) is 0. The molecule has 6 heteroatoms. The highest BCUT2D eigenvalue weighted by Gasteiger charge is 2.15. The number of H-pyrrole nitrogens is 2. The zero-order valence-electron chi connectivity index (χ0n) is 10.1. The van der Waals surface area contributed by atoms with E-state index in [-0.39, 0.29) is 11.1 Å². The summed E-state index contributed by atoms with van der Waals surface area (Å²) in [7, 11) is 0. The van der Waals surface area contributed by atoms with Crippen molar-refractivity contribution in [3.8, 4) is 0 Å². The minimum Gasteiger partial charge on any atom is -0.306 e. The number of hydrogen-bond donors (Lipinski definition) is 2. The van der Waals surface area contributed by atoms with Gasteiger partial charge in [0.15, 0.2) is 0 Å². The Morgan fingerprint density at radius 2 is 1.80 bits per heavy atom. The van der Waals surface area contributed by atoms with Crippen LogP contribution in [0.3, 0.4) is 0 Å². The molecule has 0 aliphatic rings. The van der Waals surface area contributed by atoms with E-state index in [1.54, 1.807) is 6.07 Å². The van der Waals surface area contributed by atoms with Gasteiger partial charge in [-0.3, -0.25) is 0 Å². The maximum absolute atomic E-state index is 11.3. The van der Waals surface area contributed by atoms with Crippen LogP contribution >= 0.6 is 39.1 Å². The van der Waals surface area contributed by atoms with Crippen LogP contribution in [0.2, 0.25) is 5.02 Å². The lowest BCUT2D eigenvalue weighted by Crippen LogP contribution is -1.99. The smallest absolute Gasteiger partial charge is 0.306 e. The first kappa shape index (κ1) is 13.7. The summed E-state index contributed by atoms with van der Waals surface area (Å²) in [6, 6.07) is 11.1. The van der Waals surface area contributed by atoms with Gasteiger partial charge in [0, 0.05) is 9.50 Å². The van der Waals surface area contributed by atoms with E-state index in [2.05, 4.69) is 25.9 Å². The van der Waals surface area contributed by atoms with Crippen LogP contribution in [0.1, 0.15) is 16.5 Å². The lowest BCUT2D eigenvalue weighted by molar-refractivity contribution is 1.13. The van der Waals surface area contributed by atoms with E-state index in [0.717, 1.165) is 26.6 Å². The number of nitrogens with one attached hydrogen (secondary N) is 2. The molecular formula is C14H9BrCl2N2O. The second kappa shape index (κ2) is 5.28. The van der Waals surface area contributed by atoms with Gasteiger partial charge in [-0.1, -0.05) is 33.6 Å². The van der Waals surface area contributed by atoms with E-state index in [9.17, 15) is 4.79 Å². The van der Waals surface area contributed by atoms with Gasteiger partial charge in [-0.15, -0.1) is 11.6 Å². The lowest BCUT2D eigenvalue weighted by Gasteiger charge is -2.13. The molecule has 1 unspecified atom stereocenters. The summed E-state index contributed by atoms with van der Waals surface area (Å²) >= 11 is 16.0. The normalized spacial score (nSPS) is 12.8. The second-order valence-corrected chi connectivity index (χ2v) is 6.14. The molecule has 0 fully saturated rings. The van der Waals surface area contributed by atoms with Gasteiger partial charge in [0.1, 0.15) is 0 Å². The first-order chi connectivity index (χ1) is 9.54. The molecule has 3 rings (SSSR count). The number of fused-ring (bicyclic) bond motifs is 1. The van der Waals surface area contributed by atoms with Crippen molar-refractivity contribution in [3.63, 3.8) is 0 Å². The van der Waals surface area contributed by atoms with Gasteiger partial charge < -0.3 is 9.97 Å². The number of alkyl halides is 1. The molecule has 20 heavy (non-hydrogen) atoms. The zero-order valence-corrected chi connectivity index (χ0v) is 13.2. The topological polar surface area (TPSA) is 48.6 Å². The fourth-order valence-electron chi connectivity index (χ4n) is 2.10. The fourth-order valence-corrected chi connectivity index (χ4v) is 3.20. The third-order valence-electron chi connectivity index (χ3n) is 3.06. The van der Waals surface area contributed by atoms with Crippen LogP contribution in [-0.4, -0.2) is 9.97 Å². The number of halogens is 3. The van der Waals surface area contributed by atoms with E-state index in [1.807, 2.05) is 30.3 Å². The molecule has 102 valence electrons. The van der Waals surface area contributed by atoms with Crippen molar-refractivity contribution < 1.29 is 0 Å². The number of rotatable bonds is 2. The third-order valence-corrected chi connectivity index (χ3v) is 4.51. The van der Waals surface area contributed by atoms with Crippen molar-refractivity contribution in [2.75, 3.05) is 0 Å². The van der Waals surface area contributed by atoms with Crippen LogP contribution in [0, 0.1) is 0 Å². The molecule has 0 bridgehead atoms. The molecule has 0 saturated heterocycles. The maximum Gasteiger partial charge on any atom is 0.323 e. The summed E-state index contributed by atoms with van der Waals surface area (Å²) in [4.78, 5) is 16.7. The van der Waals surface area contributed by atoms with Crippen LogP contribution in [0.25, 0.3) is 11.0 Å². The molecular weight excluding hydrogens is 363 g/mol. The number of benzene rings is 2. The predicted molar refractivity (Wildman–Crippen MR) is 85.8 cm³/mol. The zero-order chi connectivity index (χ0) is 14.3. The highest BCUT2D eigenvalue weighted by atomic mass is 79.9. The molecule has 3 aromatic rings. The Morgan fingerprint density at radius 1 is 1.05 bits per heavy atom. The Labute approximate surface area is 133 Å². The standard InChI is InChI=1S/C14H9BrCl2N2O/c15-10-3-2-8(16)6-9(10)13(17)7-1-4-11-12(5-7)19-14(20)18-11/h1-6,13H,(H2,18,19,20). The summed E-state index contributed by atoms with van der Waals surface area (Å²) in [6.07, 6.45) is 0. The molecule has 1 heterocycles. The Hall–Kier alpha value is -1.23. The third kappa shape index (κ3) is 2.51. The van der Waals surface area contributed by atoms with E-state index >= 15 is 0 Å². The molecule has 2 N–H and O–H groups in total. The van der Waals surface area contributed by atoms with Crippen molar-refractivity contribution in [1.29, 1.82) is 0 Å². The van der Waals surface area contributed by atoms with E-state index in [4.69, 9.17) is 23.2 Å². The summed E-state index contributed by atoms with van der Waals surface area (Å²) in [6.45, 7) is 0. The van der Waals surface area contributed by atoms with Crippen LogP contribution < -0.4 is 5.69 Å². The van der Waals surface area contributed by atoms with E-state index < -0.39 is 0 Å². The quantitative estimate of drug-likeness (QED) is 0.635. The van der Waals surface area contributed by atoms with Crippen molar-refractivity contribution >= 4 is 50.2 Å². The minimum absolute atomic E-state index is 0.229. The molecule has 1 atom stereocenters. The average Bonchev–Trinajstić information content (AvgIpc) is 2.79. The van der Waals surface area contributed by atoms with Gasteiger partial charge in [-0.25, -0.2) is 4.79 Å². The molecule has 0 radical (unpaired) electrons. The average molecular weight is 372 g/mol. The van der Waals surface area contributed by atoms with Crippen molar-refractivity contribution in [2.24, 2.45) is 0 Å². The molecule has 2 aromatic carbocycles. The molecule has 0 aliphatic heterocycles. The number of imidazole rings is 1. The van der Waals surface area contributed by atoms with E-state index in [0.29, 0.717) is 5.02 Å². The number of hydrogen-bond acceptors (Lipinski definition) is 1. The van der Waals surface area contributed by atoms with Crippen LogP contribution in [0.5, 0.6) is 0 Å². The van der Waals surface area contributed by atoms with Gasteiger partial charge >= 0.3 is 5.69 Å². The lowest BCUT2D eigenvalue weighted by atomic mass is 10.0. The number of aromatic nitrogens is 2. The first-order valence-corrected chi connectivity index (χ1v) is 7.46. The van der Waals surface area contributed by atoms with Gasteiger partial charge in [0.2, 0.25) is 0 Å². The van der Waals surface area contributed by atoms with Crippen molar-refractivity contribution in [2.45, 2.75) is 5.38 Å². The molecule has 0 spiro atoms. The molecule has 0 amide bonds. The Morgan fingerprint density at radius 3 is 2.60 bits per heavy atom. The molecule has 3 nitrogen and oxygen atoms in total. The van der Waals surface area contributed by atoms with Crippen molar-refractivity contribution in [1.82, 2.24) is 9.97 Å². The monoisotopic (exact) mass is 370 g/mol. The van der Waals surface area contributed by atoms with E-state index in [1.165, 1.54) is 0 Å². The van der Waals surface area contributed by atoms with Crippen LogP contribution in [-0.2, 0) is 0 Å². The van der Waals surface area contributed by atoms with Gasteiger partial charge in [0.05, 0.1) is 16.4 Å². The largest absolute Gasteiger partial charge is 0.323 e. The van der Waals surface area contributed by atoms with Crippen LogP contribution in [0.15, 0.2) is 45.7 Å². The second-order valence-electron chi connectivity index (χ2n) is 4.41. The molecule has 1 aromatic heterocycles. The highest BCUT2D eigenvalue weighted by molar-refractivity contribution is 9.10. The van der Waals surface area contributed by atoms with Crippen LogP contribution in [0.4, 0.5) is 0 Å². The van der Waals surface area contributed by atoms with Crippen molar-refractivity contribution in [3.05, 3.63) is 67.5 Å². The fraction of sp³-hybridized carbons (Fsp3) is 0.0714. The number of aromatic amines is 2. The first-order valence-electron chi connectivity index (χ1n) is 5.85. The minimum atomic E-state index is -0.356. The van der Waals surface area contributed by atoms with Gasteiger partial charge in [-0.2, -0.15) is 0 Å². The van der Waals surface area contributed by atoms with Gasteiger partial charge in [-0.05, 0) is 41.5 Å². The molecule has 0 saturated carbocycles.